The molecular formula is C17H25N3O. The van der Waals surface area contributed by atoms with Gasteiger partial charge in [0.25, 0.3) is 0 Å². The van der Waals surface area contributed by atoms with Crippen molar-refractivity contribution in [1.29, 1.82) is 0 Å². The molecule has 1 unspecified atom stereocenters. The summed E-state index contributed by atoms with van der Waals surface area (Å²) in [4.78, 5) is 0. The Kier molecular flexibility index (Phi) is 5.39. The van der Waals surface area contributed by atoms with Crippen molar-refractivity contribution in [3.63, 3.8) is 0 Å². The van der Waals surface area contributed by atoms with Crippen LogP contribution < -0.4 is 10.1 Å². The zero-order valence-corrected chi connectivity index (χ0v) is 13.3. The van der Waals surface area contributed by atoms with E-state index in [0.29, 0.717) is 0 Å². The average Bonchev–Trinajstić information content (AvgIpc) is 2.84. The third kappa shape index (κ3) is 4.60. The maximum Gasteiger partial charge on any atom is 0.119 e. The fourth-order valence-corrected chi connectivity index (χ4v) is 2.34. The van der Waals surface area contributed by atoms with Crippen LogP contribution in [0.1, 0.15) is 38.1 Å². The standard InChI is InChI=1S/C17H25N3O/c1-5-18-17(12-20-11-10-14(4)19-20)15-6-8-16(9-7-15)21-13(2)3/h6-11,13,17-18H,5,12H2,1-4H3. The van der Waals surface area contributed by atoms with Gasteiger partial charge in [0.1, 0.15) is 5.75 Å². The number of aromatic nitrogens is 2. The summed E-state index contributed by atoms with van der Waals surface area (Å²) in [5, 5.41) is 7.98. The van der Waals surface area contributed by atoms with Crippen molar-refractivity contribution in [3.05, 3.63) is 47.8 Å². The molecule has 114 valence electrons. The lowest BCUT2D eigenvalue weighted by Crippen LogP contribution is -2.25. The molecule has 0 radical (unpaired) electrons. The molecule has 0 aliphatic rings. The summed E-state index contributed by atoms with van der Waals surface area (Å²) in [6, 6.07) is 10.6. The van der Waals surface area contributed by atoms with Gasteiger partial charge in [0.05, 0.1) is 24.4 Å². The molecule has 0 spiro atoms. The van der Waals surface area contributed by atoms with Gasteiger partial charge in [-0.1, -0.05) is 19.1 Å². The second-order valence-electron chi connectivity index (χ2n) is 5.53. The maximum atomic E-state index is 5.69. The summed E-state index contributed by atoms with van der Waals surface area (Å²) in [5.74, 6) is 0.916. The van der Waals surface area contributed by atoms with Crippen molar-refractivity contribution in [1.82, 2.24) is 15.1 Å². The lowest BCUT2D eigenvalue weighted by molar-refractivity contribution is 0.242. The number of hydrogen-bond acceptors (Lipinski definition) is 3. The van der Waals surface area contributed by atoms with E-state index in [1.807, 2.05) is 49.8 Å². The molecule has 0 saturated heterocycles. The van der Waals surface area contributed by atoms with E-state index < -0.39 is 0 Å². The first-order chi connectivity index (χ1) is 10.1. The van der Waals surface area contributed by atoms with Gasteiger partial charge >= 0.3 is 0 Å². The van der Waals surface area contributed by atoms with Gasteiger partial charge in [0, 0.05) is 6.20 Å². The van der Waals surface area contributed by atoms with E-state index in [9.17, 15) is 0 Å². The van der Waals surface area contributed by atoms with E-state index in [-0.39, 0.29) is 12.1 Å². The lowest BCUT2D eigenvalue weighted by Gasteiger charge is -2.19. The van der Waals surface area contributed by atoms with Gasteiger partial charge < -0.3 is 10.1 Å². The van der Waals surface area contributed by atoms with E-state index in [2.05, 4.69) is 29.5 Å². The first-order valence-corrected chi connectivity index (χ1v) is 7.58. The normalized spacial score (nSPS) is 12.6. The minimum Gasteiger partial charge on any atom is -0.491 e. The average molecular weight is 287 g/mol. The first-order valence-electron chi connectivity index (χ1n) is 7.58. The Morgan fingerprint density at radius 3 is 2.43 bits per heavy atom. The SMILES string of the molecule is CCNC(Cn1ccc(C)n1)c1ccc(OC(C)C)cc1. The monoisotopic (exact) mass is 287 g/mol. The van der Waals surface area contributed by atoms with Crippen molar-refractivity contribution < 1.29 is 4.74 Å². The number of hydrogen-bond donors (Lipinski definition) is 1. The number of benzene rings is 1. The fraction of sp³-hybridized carbons (Fsp3) is 0.471. The molecule has 4 nitrogen and oxygen atoms in total. The zero-order chi connectivity index (χ0) is 15.2. The molecule has 0 fully saturated rings. The molecule has 21 heavy (non-hydrogen) atoms. The van der Waals surface area contributed by atoms with Gasteiger partial charge in [0.15, 0.2) is 0 Å². The summed E-state index contributed by atoms with van der Waals surface area (Å²) in [7, 11) is 0. The van der Waals surface area contributed by atoms with Crippen LogP contribution in [0.2, 0.25) is 0 Å². The lowest BCUT2D eigenvalue weighted by atomic mass is 10.1. The molecule has 1 aromatic carbocycles. The highest BCUT2D eigenvalue weighted by Crippen LogP contribution is 2.20. The van der Waals surface area contributed by atoms with Crippen LogP contribution in [0.3, 0.4) is 0 Å². The van der Waals surface area contributed by atoms with Gasteiger partial charge in [-0.3, -0.25) is 4.68 Å². The summed E-state index contributed by atoms with van der Waals surface area (Å²) in [6.45, 7) is 9.96. The molecule has 1 N–H and O–H groups in total. The summed E-state index contributed by atoms with van der Waals surface area (Å²) in [6.07, 6.45) is 2.23. The molecule has 0 aliphatic carbocycles. The van der Waals surface area contributed by atoms with Crippen molar-refractivity contribution in [2.45, 2.75) is 46.4 Å². The Balaban J connectivity index is 2.10. The number of nitrogens with one attached hydrogen (secondary N) is 1. The van der Waals surface area contributed by atoms with Crippen molar-refractivity contribution in [2.75, 3.05) is 6.54 Å². The number of aryl methyl sites for hydroxylation is 1. The molecule has 2 rings (SSSR count). The largest absolute Gasteiger partial charge is 0.491 e. The second-order valence-corrected chi connectivity index (χ2v) is 5.53. The number of likely N-dealkylation sites (N-methyl/N-ethyl adjacent to an activating group) is 1. The third-order valence-electron chi connectivity index (χ3n) is 3.25. The van der Waals surface area contributed by atoms with E-state index in [4.69, 9.17) is 4.74 Å². The predicted molar refractivity (Wildman–Crippen MR) is 85.6 cm³/mol. The number of rotatable bonds is 7. The van der Waals surface area contributed by atoms with Crippen LogP contribution >= 0.6 is 0 Å². The molecular weight excluding hydrogens is 262 g/mol. The van der Waals surface area contributed by atoms with Crippen molar-refractivity contribution in [3.8, 4) is 5.75 Å². The Hall–Kier alpha value is -1.81. The fourth-order valence-electron chi connectivity index (χ4n) is 2.34. The highest BCUT2D eigenvalue weighted by Gasteiger charge is 2.12. The quantitative estimate of drug-likeness (QED) is 0.849. The molecule has 1 atom stereocenters. The molecule has 2 aromatic rings. The number of ether oxygens (including phenoxy) is 1. The Morgan fingerprint density at radius 2 is 1.90 bits per heavy atom. The molecule has 1 aromatic heterocycles. The Morgan fingerprint density at radius 1 is 1.19 bits per heavy atom. The van der Waals surface area contributed by atoms with Crippen LogP contribution in [-0.2, 0) is 6.54 Å². The Labute approximate surface area is 127 Å². The molecule has 0 bridgehead atoms. The van der Waals surface area contributed by atoms with Crippen LogP contribution in [-0.4, -0.2) is 22.4 Å². The first kappa shape index (κ1) is 15.6. The second kappa shape index (κ2) is 7.27. The van der Waals surface area contributed by atoms with E-state index >= 15 is 0 Å². The number of nitrogens with zero attached hydrogens (tertiary/aromatic N) is 2. The maximum absolute atomic E-state index is 5.69. The zero-order valence-electron chi connectivity index (χ0n) is 13.3. The summed E-state index contributed by atoms with van der Waals surface area (Å²) < 4.78 is 7.68. The van der Waals surface area contributed by atoms with Crippen LogP contribution in [0, 0.1) is 6.92 Å². The minimum absolute atomic E-state index is 0.201. The van der Waals surface area contributed by atoms with Crippen LogP contribution in [0.15, 0.2) is 36.5 Å². The molecule has 0 saturated carbocycles. The highest BCUT2D eigenvalue weighted by atomic mass is 16.5. The van der Waals surface area contributed by atoms with Gasteiger partial charge in [-0.25, -0.2) is 0 Å². The van der Waals surface area contributed by atoms with Crippen LogP contribution in [0.4, 0.5) is 0 Å². The Bertz CT molecular complexity index is 545. The van der Waals surface area contributed by atoms with Gasteiger partial charge in [0.2, 0.25) is 0 Å². The van der Waals surface area contributed by atoms with E-state index in [0.717, 1.165) is 24.5 Å². The van der Waals surface area contributed by atoms with Crippen LogP contribution in [0.5, 0.6) is 5.75 Å². The summed E-state index contributed by atoms with van der Waals surface area (Å²) in [5.41, 5.74) is 2.30. The van der Waals surface area contributed by atoms with Gasteiger partial charge in [-0.2, -0.15) is 5.10 Å². The van der Waals surface area contributed by atoms with Crippen molar-refractivity contribution in [2.24, 2.45) is 0 Å². The molecule has 4 heteroatoms. The van der Waals surface area contributed by atoms with E-state index in [1.165, 1.54) is 5.56 Å². The molecule has 0 amide bonds. The predicted octanol–water partition coefficient (Wildman–Crippen LogP) is 3.33. The smallest absolute Gasteiger partial charge is 0.119 e. The minimum atomic E-state index is 0.201. The summed E-state index contributed by atoms with van der Waals surface area (Å²) >= 11 is 0. The molecule has 1 heterocycles. The van der Waals surface area contributed by atoms with Gasteiger partial charge in [-0.15, -0.1) is 0 Å². The van der Waals surface area contributed by atoms with E-state index in [1.54, 1.807) is 0 Å². The molecule has 0 aliphatic heterocycles. The van der Waals surface area contributed by atoms with Gasteiger partial charge in [-0.05, 0) is 51.1 Å². The topological polar surface area (TPSA) is 39.1 Å². The third-order valence-corrected chi connectivity index (χ3v) is 3.25. The van der Waals surface area contributed by atoms with Crippen LogP contribution in [0.25, 0.3) is 0 Å². The highest BCUT2D eigenvalue weighted by molar-refractivity contribution is 5.29. The van der Waals surface area contributed by atoms with Crippen molar-refractivity contribution >= 4 is 0 Å².